The molecule has 4 rings (SSSR count). The maximum absolute atomic E-state index is 14.2. The van der Waals surface area contributed by atoms with Crippen LogP contribution in [-0.2, 0) is 26.6 Å². The number of hydrogen-bond donors (Lipinski definition) is 2. The standard InChI is InChI=1S/C24H18Cl3F2N2O6PS/c1-39(35,36)17-6-3-15(4-7-17)22-12-30-23(37-22)31(16-5-9-19(25)21(27)11-16)13-14-2-8-18(20(26)10-14)24(28,29)38(32,33)34/h2-12H,13H2,1H3,(H2,32,33,34). The summed E-state index contributed by atoms with van der Waals surface area (Å²) < 4.78 is 69.2. The molecule has 0 aliphatic heterocycles. The number of benzene rings is 3. The maximum Gasteiger partial charge on any atom is 0.399 e. The van der Waals surface area contributed by atoms with E-state index in [1.54, 1.807) is 23.1 Å². The van der Waals surface area contributed by atoms with Gasteiger partial charge in [-0.2, -0.15) is 8.78 Å². The minimum Gasteiger partial charge on any atom is -0.423 e. The van der Waals surface area contributed by atoms with Gasteiger partial charge in [0.25, 0.3) is 0 Å². The summed E-state index contributed by atoms with van der Waals surface area (Å²) in [6, 6.07) is 14.0. The van der Waals surface area contributed by atoms with Crippen molar-refractivity contribution in [2.24, 2.45) is 0 Å². The van der Waals surface area contributed by atoms with Crippen LogP contribution in [0.3, 0.4) is 0 Å². The number of rotatable bonds is 8. The first-order chi connectivity index (χ1) is 18.1. The van der Waals surface area contributed by atoms with Crippen molar-refractivity contribution in [1.29, 1.82) is 0 Å². The van der Waals surface area contributed by atoms with Crippen LogP contribution in [0.5, 0.6) is 0 Å². The second kappa shape index (κ2) is 10.8. The van der Waals surface area contributed by atoms with Gasteiger partial charge in [0.05, 0.1) is 38.3 Å². The molecule has 1 heterocycles. The maximum atomic E-state index is 14.2. The SMILES string of the molecule is CS(=O)(=O)c1ccc(-c2cnc(N(Cc3ccc(C(F)(F)P(=O)(O)O)c(Cl)c3)c3ccc(Cl)c(Cl)c3)o2)cc1. The van der Waals surface area contributed by atoms with E-state index in [2.05, 4.69) is 4.98 Å². The third-order valence-corrected chi connectivity index (χ3v) is 8.72. The van der Waals surface area contributed by atoms with Crippen molar-refractivity contribution in [1.82, 2.24) is 4.98 Å². The molecule has 0 fully saturated rings. The Bertz CT molecular complexity index is 1690. The van der Waals surface area contributed by atoms with Gasteiger partial charge >= 0.3 is 19.3 Å². The predicted molar refractivity (Wildman–Crippen MR) is 145 cm³/mol. The number of aromatic nitrogens is 1. The Balaban J connectivity index is 1.72. The summed E-state index contributed by atoms with van der Waals surface area (Å²) >= 11 is 18.3. The van der Waals surface area contributed by atoms with Crippen molar-refractivity contribution >= 4 is 63.9 Å². The molecule has 8 nitrogen and oxygen atoms in total. The lowest BCUT2D eigenvalue weighted by Gasteiger charge is -2.23. The zero-order valence-corrected chi connectivity index (χ0v) is 23.7. The number of sulfone groups is 1. The van der Waals surface area contributed by atoms with Crippen LogP contribution in [0.1, 0.15) is 11.1 Å². The van der Waals surface area contributed by atoms with Crippen LogP contribution in [-0.4, -0.2) is 29.4 Å². The Kier molecular flexibility index (Phi) is 8.18. The fourth-order valence-corrected chi connectivity index (χ4v) is 5.37. The van der Waals surface area contributed by atoms with Gasteiger partial charge < -0.3 is 14.2 Å². The fraction of sp³-hybridized carbons (Fsp3) is 0.125. The van der Waals surface area contributed by atoms with E-state index in [1.165, 1.54) is 36.5 Å². The normalized spacial score (nSPS) is 12.5. The summed E-state index contributed by atoms with van der Waals surface area (Å²) in [4.78, 5) is 24.1. The number of oxazole rings is 1. The van der Waals surface area contributed by atoms with Crippen LogP contribution in [0.4, 0.5) is 20.5 Å². The molecule has 0 aliphatic rings. The fourth-order valence-electron chi connectivity index (χ4n) is 3.55. The Morgan fingerprint density at radius 1 is 0.974 bits per heavy atom. The van der Waals surface area contributed by atoms with Crippen molar-refractivity contribution in [3.8, 4) is 11.3 Å². The van der Waals surface area contributed by atoms with Crippen LogP contribution in [0.25, 0.3) is 11.3 Å². The zero-order chi connectivity index (χ0) is 28.8. The highest BCUT2D eigenvalue weighted by Gasteiger charge is 2.51. The molecule has 39 heavy (non-hydrogen) atoms. The summed E-state index contributed by atoms with van der Waals surface area (Å²) in [6.07, 6.45) is 2.52. The van der Waals surface area contributed by atoms with Gasteiger partial charge in [0.2, 0.25) is 0 Å². The van der Waals surface area contributed by atoms with Crippen molar-refractivity contribution < 1.29 is 36.0 Å². The molecule has 15 heteroatoms. The monoisotopic (exact) mass is 636 g/mol. The third-order valence-electron chi connectivity index (χ3n) is 5.57. The van der Waals surface area contributed by atoms with Crippen LogP contribution >= 0.6 is 42.4 Å². The summed E-state index contributed by atoms with van der Waals surface area (Å²) in [7, 11) is -9.21. The van der Waals surface area contributed by atoms with Crippen molar-refractivity contribution in [3.05, 3.63) is 93.1 Å². The average Bonchev–Trinajstić information content (AvgIpc) is 3.33. The van der Waals surface area contributed by atoms with Gasteiger partial charge in [-0.1, -0.05) is 46.9 Å². The molecule has 0 atom stereocenters. The Labute approximate surface area is 236 Å². The first-order valence-electron chi connectivity index (χ1n) is 10.8. The first-order valence-corrected chi connectivity index (χ1v) is 15.4. The topological polar surface area (TPSA) is 121 Å². The molecule has 0 bridgehead atoms. The van der Waals surface area contributed by atoms with Crippen LogP contribution in [0, 0.1) is 0 Å². The molecule has 0 saturated heterocycles. The Hall–Kier alpha value is -2.50. The molecule has 0 amide bonds. The van der Waals surface area contributed by atoms with Gasteiger partial charge in [0, 0.05) is 17.5 Å². The molecule has 206 valence electrons. The van der Waals surface area contributed by atoms with Gasteiger partial charge in [0.1, 0.15) is 0 Å². The molecule has 0 aliphatic carbocycles. The third kappa shape index (κ3) is 6.30. The highest BCUT2D eigenvalue weighted by atomic mass is 35.5. The second-order valence-corrected chi connectivity index (χ2v) is 13.3. The van der Waals surface area contributed by atoms with E-state index in [9.17, 15) is 21.8 Å². The van der Waals surface area contributed by atoms with Gasteiger partial charge in [-0.3, -0.25) is 9.46 Å². The lowest BCUT2D eigenvalue weighted by atomic mass is 10.1. The summed E-state index contributed by atoms with van der Waals surface area (Å²) in [6.45, 7) is -0.0353. The quantitative estimate of drug-likeness (QED) is 0.194. The first kappa shape index (κ1) is 29.5. The Morgan fingerprint density at radius 3 is 2.21 bits per heavy atom. The van der Waals surface area contributed by atoms with Crippen molar-refractivity contribution in [3.63, 3.8) is 0 Å². The highest BCUT2D eigenvalue weighted by Crippen LogP contribution is 2.60. The summed E-state index contributed by atoms with van der Waals surface area (Å²) in [5.74, 6) is 0.310. The lowest BCUT2D eigenvalue weighted by Crippen LogP contribution is -2.18. The lowest BCUT2D eigenvalue weighted by molar-refractivity contribution is 0.0565. The molecule has 2 N–H and O–H groups in total. The largest absolute Gasteiger partial charge is 0.423 e. The van der Waals surface area contributed by atoms with E-state index >= 15 is 0 Å². The molecule has 4 aromatic rings. The van der Waals surface area contributed by atoms with E-state index < -0.39 is 33.7 Å². The van der Waals surface area contributed by atoms with Crippen LogP contribution < -0.4 is 4.90 Å². The summed E-state index contributed by atoms with van der Waals surface area (Å²) in [5, 5.41) is -0.0440. The van der Waals surface area contributed by atoms with E-state index in [0.29, 0.717) is 22.6 Å². The number of anilines is 2. The van der Waals surface area contributed by atoms with Gasteiger partial charge in [-0.15, -0.1) is 0 Å². The van der Waals surface area contributed by atoms with Crippen LogP contribution in [0.2, 0.25) is 15.1 Å². The van der Waals surface area contributed by atoms with Crippen LogP contribution in [0.15, 0.2) is 76.2 Å². The molecule has 0 saturated carbocycles. The average molecular weight is 638 g/mol. The van der Waals surface area contributed by atoms with Gasteiger partial charge in [-0.05, 0) is 54.1 Å². The molecule has 0 spiro atoms. The van der Waals surface area contributed by atoms with E-state index in [0.717, 1.165) is 18.4 Å². The predicted octanol–water partition coefficient (Wildman–Crippen LogP) is 7.27. The number of alkyl halides is 2. The molecule has 0 radical (unpaired) electrons. The molecular formula is C24H18Cl3F2N2O6PS. The van der Waals surface area contributed by atoms with Crippen molar-refractivity contribution in [2.45, 2.75) is 17.1 Å². The minimum atomic E-state index is -5.82. The van der Waals surface area contributed by atoms with Crippen molar-refractivity contribution in [2.75, 3.05) is 11.2 Å². The molecule has 0 unspecified atom stereocenters. The zero-order valence-electron chi connectivity index (χ0n) is 19.7. The minimum absolute atomic E-state index is 0.0353. The number of hydrogen-bond acceptors (Lipinski definition) is 6. The number of nitrogens with zero attached hydrogens (tertiary/aromatic N) is 2. The number of halogens is 5. The highest BCUT2D eigenvalue weighted by molar-refractivity contribution is 7.90. The molecule has 3 aromatic carbocycles. The van der Waals surface area contributed by atoms with Gasteiger partial charge in [-0.25, -0.2) is 13.4 Å². The molecular weight excluding hydrogens is 620 g/mol. The Morgan fingerprint density at radius 2 is 1.64 bits per heavy atom. The second-order valence-electron chi connectivity index (χ2n) is 8.39. The smallest absolute Gasteiger partial charge is 0.399 e. The molecule has 1 aromatic heterocycles. The summed E-state index contributed by atoms with van der Waals surface area (Å²) in [5.41, 5.74) is -4.11. The van der Waals surface area contributed by atoms with E-state index in [4.69, 9.17) is 49.0 Å². The van der Waals surface area contributed by atoms with E-state index in [-0.39, 0.29) is 27.5 Å². The van der Waals surface area contributed by atoms with E-state index in [1.807, 2.05) is 0 Å². The van der Waals surface area contributed by atoms with Gasteiger partial charge in [0.15, 0.2) is 15.6 Å².